The lowest BCUT2D eigenvalue weighted by Crippen LogP contribution is -2.06. The van der Waals surface area contributed by atoms with E-state index in [4.69, 9.17) is 15.3 Å². The second kappa shape index (κ2) is 4.99. The van der Waals surface area contributed by atoms with Crippen molar-refractivity contribution < 1.29 is 14.3 Å². The van der Waals surface area contributed by atoms with Gasteiger partial charge in [-0.3, -0.25) is 4.79 Å². The van der Waals surface area contributed by atoms with E-state index in [9.17, 15) is 9.59 Å². The van der Waals surface area contributed by atoms with Gasteiger partial charge < -0.3 is 15.3 Å². The van der Waals surface area contributed by atoms with Gasteiger partial charge in [0.1, 0.15) is 11.3 Å². The van der Waals surface area contributed by atoms with Gasteiger partial charge in [-0.15, -0.1) is 12.4 Å². The van der Waals surface area contributed by atoms with Crippen LogP contribution in [0.25, 0.3) is 11.0 Å². The molecule has 0 aliphatic heterocycles. The number of carbonyl (C=O) groups is 1. The quantitative estimate of drug-likeness (QED) is 0.845. The van der Waals surface area contributed by atoms with Crippen molar-refractivity contribution in [3.63, 3.8) is 0 Å². The van der Waals surface area contributed by atoms with Crippen molar-refractivity contribution in [2.45, 2.75) is 6.54 Å². The van der Waals surface area contributed by atoms with E-state index in [-0.39, 0.29) is 35.3 Å². The molecule has 0 atom stereocenters. The van der Waals surface area contributed by atoms with E-state index in [0.717, 1.165) is 0 Å². The number of fused-ring (bicyclic) bond motifs is 1. The summed E-state index contributed by atoms with van der Waals surface area (Å²) in [4.78, 5) is 22.4. The average molecular weight is 256 g/mol. The van der Waals surface area contributed by atoms with Crippen LogP contribution in [0.1, 0.15) is 16.1 Å². The highest BCUT2D eigenvalue weighted by Gasteiger charge is 2.08. The molecule has 17 heavy (non-hydrogen) atoms. The van der Waals surface area contributed by atoms with Crippen LogP contribution in [0.4, 0.5) is 0 Å². The number of halogens is 1. The van der Waals surface area contributed by atoms with Crippen LogP contribution in [-0.2, 0) is 6.54 Å². The molecule has 2 aromatic rings. The van der Waals surface area contributed by atoms with Gasteiger partial charge in [-0.2, -0.15) is 0 Å². The third-order valence-corrected chi connectivity index (χ3v) is 2.23. The molecule has 0 spiro atoms. The van der Waals surface area contributed by atoms with Crippen molar-refractivity contribution >= 4 is 29.3 Å². The number of hydrogen-bond acceptors (Lipinski definition) is 4. The number of carboxylic acids is 1. The second-order valence-electron chi connectivity index (χ2n) is 3.30. The van der Waals surface area contributed by atoms with Crippen molar-refractivity contribution in [2.24, 2.45) is 5.73 Å². The molecule has 0 aliphatic carbocycles. The van der Waals surface area contributed by atoms with Gasteiger partial charge in [-0.1, -0.05) is 0 Å². The maximum absolute atomic E-state index is 11.6. The van der Waals surface area contributed by atoms with Crippen LogP contribution in [0.3, 0.4) is 0 Å². The SMILES string of the molecule is Cl.NCc1cc(=O)c2cc(C(=O)O)ccc2o1. The Kier molecular flexibility index (Phi) is 3.88. The molecule has 1 heterocycles. The summed E-state index contributed by atoms with van der Waals surface area (Å²) in [5.41, 5.74) is 5.48. The molecule has 0 radical (unpaired) electrons. The van der Waals surface area contributed by atoms with E-state index in [0.29, 0.717) is 11.3 Å². The molecular weight excluding hydrogens is 246 g/mol. The summed E-state index contributed by atoms with van der Waals surface area (Å²) < 4.78 is 5.31. The molecule has 2 rings (SSSR count). The lowest BCUT2D eigenvalue weighted by atomic mass is 10.1. The van der Waals surface area contributed by atoms with E-state index in [1.54, 1.807) is 0 Å². The molecule has 0 fully saturated rings. The van der Waals surface area contributed by atoms with E-state index in [1.165, 1.54) is 24.3 Å². The fourth-order valence-electron chi connectivity index (χ4n) is 1.44. The summed E-state index contributed by atoms with van der Waals surface area (Å²) in [5.74, 6) is -0.704. The zero-order valence-electron chi connectivity index (χ0n) is 8.67. The maximum atomic E-state index is 11.6. The molecule has 0 bridgehead atoms. The summed E-state index contributed by atoms with van der Waals surface area (Å²) in [6.45, 7) is 0.131. The second-order valence-corrected chi connectivity index (χ2v) is 3.30. The fraction of sp³-hybridized carbons (Fsp3) is 0.0909. The van der Waals surface area contributed by atoms with E-state index < -0.39 is 5.97 Å². The molecule has 6 heteroatoms. The molecule has 1 aromatic heterocycles. The molecule has 0 saturated heterocycles. The van der Waals surface area contributed by atoms with E-state index >= 15 is 0 Å². The molecule has 3 N–H and O–H groups in total. The van der Waals surface area contributed by atoms with Gasteiger partial charge in [0.25, 0.3) is 0 Å². The predicted molar refractivity (Wildman–Crippen MR) is 64.6 cm³/mol. The van der Waals surface area contributed by atoms with Crippen molar-refractivity contribution in [1.82, 2.24) is 0 Å². The van der Waals surface area contributed by atoms with Gasteiger partial charge in [0.05, 0.1) is 17.5 Å². The van der Waals surface area contributed by atoms with Crippen LogP contribution >= 0.6 is 12.4 Å². The Balaban J connectivity index is 0.00000144. The minimum Gasteiger partial charge on any atom is -0.478 e. The first-order valence-electron chi connectivity index (χ1n) is 4.62. The third-order valence-electron chi connectivity index (χ3n) is 2.23. The maximum Gasteiger partial charge on any atom is 0.335 e. The van der Waals surface area contributed by atoms with Gasteiger partial charge in [0, 0.05) is 6.07 Å². The lowest BCUT2D eigenvalue weighted by Gasteiger charge is -2.01. The third kappa shape index (κ3) is 2.46. The van der Waals surface area contributed by atoms with Crippen LogP contribution in [0.5, 0.6) is 0 Å². The summed E-state index contributed by atoms with van der Waals surface area (Å²) in [7, 11) is 0. The molecule has 0 aliphatic rings. The van der Waals surface area contributed by atoms with E-state index in [1.807, 2.05) is 0 Å². The Morgan fingerprint density at radius 2 is 2.06 bits per heavy atom. The molecule has 0 amide bonds. The van der Waals surface area contributed by atoms with Crippen LogP contribution < -0.4 is 11.2 Å². The van der Waals surface area contributed by atoms with Crippen molar-refractivity contribution in [3.8, 4) is 0 Å². The summed E-state index contributed by atoms with van der Waals surface area (Å²) in [5, 5.41) is 9.03. The first kappa shape index (κ1) is 13.2. The van der Waals surface area contributed by atoms with Crippen molar-refractivity contribution in [2.75, 3.05) is 0 Å². The van der Waals surface area contributed by atoms with E-state index in [2.05, 4.69) is 0 Å². The molecular formula is C11H10ClNO4. The number of aromatic carboxylic acids is 1. The van der Waals surface area contributed by atoms with Gasteiger partial charge in [-0.25, -0.2) is 4.79 Å². The van der Waals surface area contributed by atoms with Crippen LogP contribution in [0, 0.1) is 0 Å². The fourth-order valence-corrected chi connectivity index (χ4v) is 1.44. The minimum absolute atomic E-state index is 0. The number of hydrogen-bond donors (Lipinski definition) is 2. The Morgan fingerprint density at radius 3 is 2.65 bits per heavy atom. The summed E-state index contributed by atoms with van der Waals surface area (Å²) >= 11 is 0. The molecule has 5 nitrogen and oxygen atoms in total. The number of benzene rings is 1. The summed E-state index contributed by atoms with van der Waals surface area (Å²) in [6, 6.07) is 5.41. The highest BCUT2D eigenvalue weighted by Crippen LogP contribution is 2.14. The Hall–Kier alpha value is -1.85. The standard InChI is InChI=1S/C11H9NO4.ClH/c12-5-7-4-9(13)8-3-6(11(14)15)1-2-10(8)16-7;/h1-4H,5,12H2,(H,14,15);1H. The number of carboxylic acid groups (broad SMARTS) is 1. The van der Waals surface area contributed by atoms with Gasteiger partial charge >= 0.3 is 5.97 Å². The average Bonchev–Trinajstić information content (AvgIpc) is 2.28. The topological polar surface area (TPSA) is 93.5 Å². The van der Waals surface area contributed by atoms with Crippen molar-refractivity contribution in [1.29, 1.82) is 0 Å². The zero-order chi connectivity index (χ0) is 11.7. The minimum atomic E-state index is -1.08. The monoisotopic (exact) mass is 255 g/mol. The lowest BCUT2D eigenvalue weighted by molar-refractivity contribution is 0.0697. The highest BCUT2D eigenvalue weighted by atomic mass is 35.5. The molecule has 90 valence electrons. The first-order valence-corrected chi connectivity index (χ1v) is 4.62. The highest BCUT2D eigenvalue weighted by molar-refractivity contribution is 5.92. The smallest absolute Gasteiger partial charge is 0.335 e. The Labute approximate surface area is 102 Å². The summed E-state index contributed by atoms with van der Waals surface area (Å²) in [6.07, 6.45) is 0. The van der Waals surface area contributed by atoms with Crippen molar-refractivity contribution in [3.05, 3.63) is 45.8 Å². The van der Waals surface area contributed by atoms with Gasteiger partial charge in [0.15, 0.2) is 5.43 Å². The first-order chi connectivity index (χ1) is 7.61. The van der Waals surface area contributed by atoms with Gasteiger partial charge in [-0.05, 0) is 18.2 Å². The predicted octanol–water partition coefficient (Wildman–Crippen LogP) is 1.37. The number of rotatable bonds is 2. The largest absolute Gasteiger partial charge is 0.478 e. The Bertz CT molecular complexity index is 620. The molecule has 1 aromatic carbocycles. The van der Waals surface area contributed by atoms with Gasteiger partial charge in [0.2, 0.25) is 0 Å². The number of nitrogens with two attached hydrogens (primary N) is 1. The van der Waals surface area contributed by atoms with Crippen LogP contribution in [0.2, 0.25) is 0 Å². The Morgan fingerprint density at radius 1 is 1.35 bits per heavy atom. The normalized spacial score (nSPS) is 9.94. The zero-order valence-corrected chi connectivity index (χ0v) is 9.49. The van der Waals surface area contributed by atoms with Crippen LogP contribution in [-0.4, -0.2) is 11.1 Å². The molecule has 0 saturated carbocycles. The molecule has 0 unspecified atom stereocenters. The van der Waals surface area contributed by atoms with Crippen LogP contribution in [0.15, 0.2) is 33.5 Å².